The van der Waals surface area contributed by atoms with Gasteiger partial charge in [-0.15, -0.1) is 0 Å². The predicted octanol–water partition coefficient (Wildman–Crippen LogP) is 3.88. The molecule has 3 nitrogen and oxygen atoms in total. The number of rotatable bonds is 1. The first kappa shape index (κ1) is 11.2. The van der Waals surface area contributed by atoms with Crippen LogP contribution in [0.2, 0.25) is 0 Å². The molecule has 0 amide bonds. The van der Waals surface area contributed by atoms with Gasteiger partial charge in [-0.1, -0.05) is 18.2 Å². The van der Waals surface area contributed by atoms with Crippen molar-refractivity contribution in [3.05, 3.63) is 66.7 Å². The van der Waals surface area contributed by atoms with Crippen molar-refractivity contribution in [1.82, 2.24) is 14.5 Å². The van der Waals surface area contributed by atoms with E-state index >= 15 is 0 Å². The first-order valence-electron chi connectivity index (χ1n) is 6.61. The van der Waals surface area contributed by atoms with E-state index in [1.54, 1.807) is 0 Å². The molecular formula is C17H13N3. The quantitative estimate of drug-likeness (QED) is 0.519. The molecule has 96 valence electrons. The Morgan fingerprint density at radius 3 is 2.55 bits per heavy atom. The summed E-state index contributed by atoms with van der Waals surface area (Å²) in [7, 11) is 0. The molecule has 0 N–H and O–H groups in total. The number of hydrogen-bond acceptors (Lipinski definition) is 2. The minimum absolute atomic E-state index is 1.02. The van der Waals surface area contributed by atoms with Gasteiger partial charge in [0.15, 0.2) is 0 Å². The molecule has 3 aromatic heterocycles. The monoisotopic (exact) mass is 259 g/mol. The topological polar surface area (TPSA) is 30.7 Å². The lowest BCUT2D eigenvalue weighted by Crippen LogP contribution is -1.93. The Hall–Kier alpha value is -2.68. The van der Waals surface area contributed by atoms with Gasteiger partial charge in [-0.2, -0.15) is 0 Å². The van der Waals surface area contributed by atoms with Crippen LogP contribution < -0.4 is 0 Å². The standard InChI is InChI=1S/C17H13N3/c1-12-9-17-15(11-19-12)14-10-18-8-7-16(14)20(17)13-5-3-2-4-6-13/h2-11H,1H3. The highest BCUT2D eigenvalue weighted by atomic mass is 15.0. The maximum absolute atomic E-state index is 4.42. The third-order valence-electron chi connectivity index (χ3n) is 3.60. The van der Waals surface area contributed by atoms with Gasteiger partial charge in [0.2, 0.25) is 0 Å². The number of benzene rings is 1. The molecule has 0 aliphatic rings. The molecule has 20 heavy (non-hydrogen) atoms. The van der Waals surface area contributed by atoms with E-state index in [1.165, 1.54) is 5.52 Å². The van der Waals surface area contributed by atoms with E-state index in [9.17, 15) is 0 Å². The number of pyridine rings is 2. The van der Waals surface area contributed by atoms with E-state index in [0.717, 1.165) is 27.7 Å². The number of aryl methyl sites for hydroxylation is 1. The summed E-state index contributed by atoms with van der Waals surface area (Å²) >= 11 is 0. The van der Waals surface area contributed by atoms with Crippen molar-refractivity contribution in [2.75, 3.05) is 0 Å². The van der Waals surface area contributed by atoms with Crippen LogP contribution in [-0.2, 0) is 0 Å². The lowest BCUT2D eigenvalue weighted by Gasteiger charge is -2.07. The normalized spacial score (nSPS) is 11.2. The molecule has 3 heteroatoms. The second kappa shape index (κ2) is 4.17. The Morgan fingerprint density at radius 2 is 1.70 bits per heavy atom. The van der Waals surface area contributed by atoms with Crippen LogP contribution in [-0.4, -0.2) is 14.5 Å². The van der Waals surface area contributed by atoms with Gasteiger partial charge < -0.3 is 4.57 Å². The zero-order chi connectivity index (χ0) is 13.5. The fourth-order valence-electron chi connectivity index (χ4n) is 2.71. The maximum Gasteiger partial charge on any atom is 0.0575 e. The summed E-state index contributed by atoms with van der Waals surface area (Å²) < 4.78 is 2.26. The average Bonchev–Trinajstić information content (AvgIpc) is 2.81. The van der Waals surface area contributed by atoms with Gasteiger partial charge in [-0.3, -0.25) is 9.97 Å². The predicted molar refractivity (Wildman–Crippen MR) is 81.1 cm³/mol. The highest BCUT2D eigenvalue weighted by Crippen LogP contribution is 2.30. The summed E-state index contributed by atoms with van der Waals surface area (Å²) in [4.78, 5) is 8.67. The first-order chi connectivity index (χ1) is 9.84. The van der Waals surface area contributed by atoms with Crippen LogP contribution >= 0.6 is 0 Å². The minimum Gasteiger partial charge on any atom is -0.309 e. The molecule has 0 spiro atoms. The van der Waals surface area contributed by atoms with Gasteiger partial charge in [0.1, 0.15) is 0 Å². The minimum atomic E-state index is 1.02. The summed E-state index contributed by atoms with van der Waals surface area (Å²) in [5.41, 5.74) is 4.51. The molecule has 4 rings (SSSR count). The Kier molecular flexibility index (Phi) is 2.33. The van der Waals surface area contributed by atoms with Gasteiger partial charge in [0, 0.05) is 40.7 Å². The SMILES string of the molecule is Cc1cc2c(cn1)c1cnccc1n2-c1ccccc1. The molecule has 0 fully saturated rings. The highest BCUT2D eigenvalue weighted by molar-refractivity contribution is 6.08. The van der Waals surface area contributed by atoms with Crippen LogP contribution in [0.4, 0.5) is 0 Å². The molecule has 0 atom stereocenters. The van der Waals surface area contributed by atoms with Crippen molar-refractivity contribution in [1.29, 1.82) is 0 Å². The fourth-order valence-corrected chi connectivity index (χ4v) is 2.71. The smallest absolute Gasteiger partial charge is 0.0575 e. The van der Waals surface area contributed by atoms with Gasteiger partial charge >= 0.3 is 0 Å². The van der Waals surface area contributed by atoms with Gasteiger partial charge in [-0.25, -0.2) is 0 Å². The van der Waals surface area contributed by atoms with Crippen LogP contribution in [0.15, 0.2) is 61.1 Å². The van der Waals surface area contributed by atoms with Gasteiger partial charge in [-0.05, 0) is 31.2 Å². The lowest BCUT2D eigenvalue weighted by atomic mass is 10.2. The number of fused-ring (bicyclic) bond motifs is 3. The molecule has 0 radical (unpaired) electrons. The Bertz CT molecular complexity index is 907. The van der Waals surface area contributed by atoms with Crippen molar-refractivity contribution >= 4 is 21.8 Å². The molecule has 4 aromatic rings. The lowest BCUT2D eigenvalue weighted by molar-refractivity contribution is 1.15. The van der Waals surface area contributed by atoms with Crippen LogP contribution in [0.3, 0.4) is 0 Å². The summed E-state index contributed by atoms with van der Waals surface area (Å²) in [5, 5.41) is 2.28. The molecular weight excluding hydrogens is 246 g/mol. The van der Waals surface area contributed by atoms with Gasteiger partial charge in [0.25, 0.3) is 0 Å². The molecule has 1 aromatic carbocycles. The van der Waals surface area contributed by atoms with E-state index in [1.807, 2.05) is 31.6 Å². The molecule has 0 unspecified atom stereocenters. The Labute approximate surface area is 116 Å². The molecule has 0 bridgehead atoms. The largest absolute Gasteiger partial charge is 0.309 e. The average molecular weight is 259 g/mol. The van der Waals surface area contributed by atoms with Crippen LogP contribution in [0.5, 0.6) is 0 Å². The first-order valence-corrected chi connectivity index (χ1v) is 6.61. The third-order valence-corrected chi connectivity index (χ3v) is 3.60. The van der Waals surface area contributed by atoms with Crippen molar-refractivity contribution < 1.29 is 0 Å². The number of para-hydroxylation sites is 1. The number of hydrogen-bond donors (Lipinski definition) is 0. The van der Waals surface area contributed by atoms with Crippen LogP contribution in [0, 0.1) is 6.92 Å². The van der Waals surface area contributed by atoms with Crippen molar-refractivity contribution in [3.63, 3.8) is 0 Å². The van der Waals surface area contributed by atoms with Crippen molar-refractivity contribution in [3.8, 4) is 5.69 Å². The number of nitrogens with zero attached hydrogens (tertiary/aromatic N) is 3. The molecule has 3 heterocycles. The highest BCUT2D eigenvalue weighted by Gasteiger charge is 2.12. The second-order valence-corrected chi connectivity index (χ2v) is 4.91. The third kappa shape index (κ3) is 1.53. The molecule has 0 saturated heterocycles. The van der Waals surface area contributed by atoms with E-state index in [4.69, 9.17) is 0 Å². The summed E-state index contributed by atoms with van der Waals surface area (Å²) in [6, 6.07) is 14.6. The van der Waals surface area contributed by atoms with Crippen molar-refractivity contribution in [2.45, 2.75) is 6.92 Å². The van der Waals surface area contributed by atoms with E-state index < -0.39 is 0 Å². The Morgan fingerprint density at radius 1 is 0.900 bits per heavy atom. The zero-order valence-corrected chi connectivity index (χ0v) is 11.1. The van der Waals surface area contributed by atoms with Crippen LogP contribution in [0.25, 0.3) is 27.5 Å². The van der Waals surface area contributed by atoms with Gasteiger partial charge in [0.05, 0.1) is 11.0 Å². The summed E-state index contributed by atoms with van der Waals surface area (Å²) in [6.45, 7) is 2.02. The van der Waals surface area contributed by atoms with E-state index in [-0.39, 0.29) is 0 Å². The van der Waals surface area contributed by atoms with E-state index in [0.29, 0.717) is 0 Å². The summed E-state index contributed by atoms with van der Waals surface area (Å²) in [6.07, 6.45) is 5.68. The summed E-state index contributed by atoms with van der Waals surface area (Å²) in [5.74, 6) is 0. The molecule has 0 aliphatic carbocycles. The molecule has 0 saturated carbocycles. The fraction of sp³-hybridized carbons (Fsp3) is 0.0588. The molecule has 0 aliphatic heterocycles. The van der Waals surface area contributed by atoms with E-state index in [2.05, 4.69) is 50.9 Å². The van der Waals surface area contributed by atoms with Crippen molar-refractivity contribution in [2.24, 2.45) is 0 Å². The van der Waals surface area contributed by atoms with Crippen LogP contribution in [0.1, 0.15) is 5.69 Å². The maximum atomic E-state index is 4.42. The Balaban J connectivity index is 2.23. The number of aromatic nitrogens is 3. The zero-order valence-electron chi connectivity index (χ0n) is 11.1. The second-order valence-electron chi connectivity index (χ2n) is 4.91.